The first kappa shape index (κ1) is 23.5. The van der Waals surface area contributed by atoms with Crippen LogP contribution < -0.4 is 10.1 Å². The first-order valence-corrected chi connectivity index (χ1v) is 11.6. The third-order valence-electron chi connectivity index (χ3n) is 6.41. The molecule has 2 heterocycles. The molecule has 8 nitrogen and oxygen atoms in total. The first-order valence-electron chi connectivity index (χ1n) is 11.6. The molecule has 4 rings (SSSR count). The number of amides is 4. The lowest BCUT2D eigenvalue weighted by molar-refractivity contribution is -0.131. The van der Waals surface area contributed by atoms with Gasteiger partial charge in [0.2, 0.25) is 11.8 Å². The van der Waals surface area contributed by atoms with Crippen LogP contribution in [-0.4, -0.2) is 66.2 Å². The summed E-state index contributed by atoms with van der Waals surface area (Å²) < 4.78 is 5.33. The van der Waals surface area contributed by atoms with Gasteiger partial charge in [-0.25, -0.2) is 0 Å². The van der Waals surface area contributed by atoms with Crippen LogP contribution >= 0.6 is 0 Å². The van der Waals surface area contributed by atoms with Crippen molar-refractivity contribution < 1.29 is 23.9 Å². The van der Waals surface area contributed by atoms with E-state index in [2.05, 4.69) is 5.32 Å². The van der Waals surface area contributed by atoms with Gasteiger partial charge in [0.1, 0.15) is 5.75 Å². The van der Waals surface area contributed by atoms with Crippen LogP contribution in [0.4, 0.5) is 0 Å². The highest BCUT2D eigenvalue weighted by atomic mass is 16.5. The van der Waals surface area contributed by atoms with Crippen molar-refractivity contribution in [1.82, 2.24) is 15.1 Å². The van der Waals surface area contributed by atoms with Crippen molar-refractivity contribution >= 4 is 23.6 Å². The number of fused-ring (bicyclic) bond motifs is 1. The number of hydrogen-bond donors (Lipinski definition) is 1. The number of para-hydroxylation sites is 1. The zero-order chi connectivity index (χ0) is 24.1. The summed E-state index contributed by atoms with van der Waals surface area (Å²) in [5.74, 6) is 0.0576. The normalized spacial score (nSPS) is 15.9. The van der Waals surface area contributed by atoms with Crippen LogP contribution in [0, 0.1) is 0 Å². The fourth-order valence-corrected chi connectivity index (χ4v) is 4.54. The lowest BCUT2D eigenvalue weighted by atomic mass is 10.0. The standard InChI is InChI=1S/C26H29N3O5/c1-34-22-10-5-2-7-18(22)17-24(31)28-15-12-19(13-16-28)27-23(30)11-6-14-29-25(32)20-8-3-4-9-21(20)26(29)33/h2-5,7-10,19H,6,11-17H2,1H3,(H,27,30). The summed E-state index contributed by atoms with van der Waals surface area (Å²) in [6.07, 6.45) is 2.33. The van der Waals surface area contributed by atoms with E-state index in [-0.39, 0.29) is 42.6 Å². The van der Waals surface area contributed by atoms with Gasteiger partial charge in [-0.2, -0.15) is 0 Å². The van der Waals surface area contributed by atoms with Crippen LogP contribution in [-0.2, 0) is 16.0 Å². The fraction of sp³-hybridized carbons (Fsp3) is 0.385. The van der Waals surface area contributed by atoms with Gasteiger partial charge in [-0.3, -0.25) is 24.1 Å². The zero-order valence-corrected chi connectivity index (χ0v) is 19.3. The van der Waals surface area contributed by atoms with Gasteiger partial charge in [-0.1, -0.05) is 30.3 Å². The molecular formula is C26H29N3O5. The van der Waals surface area contributed by atoms with Gasteiger partial charge in [-0.05, 0) is 37.5 Å². The largest absolute Gasteiger partial charge is 0.496 e. The first-order chi connectivity index (χ1) is 16.5. The minimum atomic E-state index is -0.300. The molecule has 2 aromatic rings. The van der Waals surface area contributed by atoms with Crippen molar-refractivity contribution in [2.75, 3.05) is 26.7 Å². The number of piperidine rings is 1. The van der Waals surface area contributed by atoms with E-state index in [1.54, 1.807) is 31.4 Å². The van der Waals surface area contributed by atoms with Crippen molar-refractivity contribution in [3.63, 3.8) is 0 Å². The second-order valence-corrected chi connectivity index (χ2v) is 8.62. The predicted molar refractivity (Wildman–Crippen MR) is 125 cm³/mol. The van der Waals surface area contributed by atoms with Crippen molar-refractivity contribution in [1.29, 1.82) is 0 Å². The molecule has 0 unspecified atom stereocenters. The Morgan fingerprint density at radius 1 is 0.971 bits per heavy atom. The summed E-state index contributed by atoms with van der Waals surface area (Å²) in [7, 11) is 1.59. The van der Waals surface area contributed by atoms with E-state index in [1.807, 2.05) is 29.2 Å². The maximum atomic E-state index is 12.7. The van der Waals surface area contributed by atoms with Crippen molar-refractivity contribution in [3.8, 4) is 5.75 Å². The lowest BCUT2D eigenvalue weighted by Gasteiger charge is -2.32. The van der Waals surface area contributed by atoms with Gasteiger partial charge < -0.3 is 15.0 Å². The molecule has 4 amide bonds. The Labute approximate surface area is 198 Å². The minimum absolute atomic E-state index is 0.0158. The molecule has 0 bridgehead atoms. The highest BCUT2D eigenvalue weighted by molar-refractivity contribution is 6.21. The number of nitrogens with one attached hydrogen (secondary N) is 1. The third-order valence-corrected chi connectivity index (χ3v) is 6.41. The number of benzene rings is 2. The summed E-state index contributed by atoms with van der Waals surface area (Å²) >= 11 is 0. The summed E-state index contributed by atoms with van der Waals surface area (Å²) in [4.78, 5) is 52.9. The van der Waals surface area contributed by atoms with Crippen LogP contribution in [0.25, 0.3) is 0 Å². The number of imide groups is 1. The second kappa shape index (κ2) is 10.5. The molecule has 0 atom stereocenters. The SMILES string of the molecule is COc1ccccc1CC(=O)N1CCC(NC(=O)CCCN2C(=O)c3ccccc3C2=O)CC1. The smallest absolute Gasteiger partial charge is 0.261 e. The van der Waals surface area contributed by atoms with E-state index in [0.717, 1.165) is 5.56 Å². The van der Waals surface area contributed by atoms with Crippen LogP contribution in [0.3, 0.4) is 0 Å². The van der Waals surface area contributed by atoms with Gasteiger partial charge in [0.15, 0.2) is 0 Å². The Hall–Kier alpha value is -3.68. The highest BCUT2D eigenvalue weighted by Gasteiger charge is 2.34. The zero-order valence-electron chi connectivity index (χ0n) is 19.3. The molecule has 178 valence electrons. The number of ether oxygens (including phenoxy) is 1. The molecule has 8 heteroatoms. The molecule has 1 fully saturated rings. The molecule has 1 N–H and O–H groups in total. The number of carbonyl (C=O) groups is 4. The topological polar surface area (TPSA) is 96.0 Å². The molecule has 34 heavy (non-hydrogen) atoms. The van der Waals surface area contributed by atoms with E-state index in [1.165, 1.54) is 4.90 Å². The average molecular weight is 464 g/mol. The minimum Gasteiger partial charge on any atom is -0.496 e. The maximum Gasteiger partial charge on any atom is 0.261 e. The summed E-state index contributed by atoms with van der Waals surface area (Å²) in [6, 6.07) is 14.3. The highest BCUT2D eigenvalue weighted by Crippen LogP contribution is 2.23. The Kier molecular flexibility index (Phi) is 7.25. The molecule has 2 aromatic carbocycles. The van der Waals surface area contributed by atoms with E-state index >= 15 is 0 Å². The van der Waals surface area contributed by atoms with E-state index in [0.29, 0.717) is 55.6 Å². The maximum absolute atomic E-state index is 12.7. The van der Waals surface area contributed by atoms with Crippen LogP contribution in [0.5, 0.6) is 5.75 Å². The third kappa shape index (κ3) is 5.11. The molecule has 0 radical (unpaired) electrons. The van der Waals surface area contributed by atoms with Crippen molar-refractivity contribution in [3.05, 3.63) is 65.2 Å². The van der Waals surface area contributed by atoms with Crippen molar-refractivity contribution in [2.45, 2.75) is 38.1 Å². The number of carbonyl (C=O) groups excluding carboxylic acids is 4. The summed E-state index contributed by atoms with van der Waals surface area (Å²) in [6.45, 7) is 1.40. The fourth-order valence-electron chi connectivity index (χ4n) is 4.54. The number of nitrogens with zero attached hydrogens (tertiary/aromatic N) is 2. The average Bonchev–Trinajstić information content (AvgIpc) is 3.10. The number of rotatable bonds is 8. The Bertz CT molecular complexity index is 1060. The summed E-state index contributed by atoms with van der Waals surface area (Å²) in [5, 5.41) is 3.03. The summed E-state index contributed by atoms with van der Waals surface area (Å²) in [5.41, 5.74) is 1.71. The van der Waals surface area contributed by atoms with E-state index in [9.17, 15) is 19.2 Å². The van der Waals surface area contributed by atoms with E-state index in [4.69, 9.17) is 4.74 Å². The predicted octanol–water partition coefficient (Wildman–Crippen LogP) is 2.42. The van der Waals surface area contributed by atoms with Gasteiger partial charge in [0.05, 0.1) is 24.7 Å². The molecule has 2 aliphatic heterocycles. The molecule has 2 aliphatic rings. The van der Waals surface area contributed by atoms with Gasteiger partial charge in [-0.15, -0.1) is 0 Å². The number of hydrogen-bond acceptors (Lipinski definition) is 5. The number of likely N-dealkylation sites (tertiary alicyclic amines) is 1. The monoisotopic (exact) mass is 463 g/mol. The number of methoxy groups -OCH3 is 1. The molecule has 0 aliphatic carbocycles. The molecule has 0 aromatic heterocycles. The molecular weight excluding hydrogens is 434 g/mol. The van der Waals surface area contributed by atoms with Gasteiger partial charge in [0.25, 0.3) is 11.8 Å². The second-order valence-electron chi connectivity index (χ2n) is 8.62. The lowest BCUT2D eigenvalue weighted by Crippen LogP contribution is -2.47. The quantitative estimate of drug-likeness (QED) is 0.607. The van der Waals surface area contributed by atoms with Crippen LogP contribution in [0.15, 0.2) is 48.5 Å². The van der Waals surface area contributed by atoms with Crippen LogP contribution in [0.1, 0.15) is 52.0 Å². The van der Waals surface area contributed by atoms with Crippen molar-refractivity contribution in [2.24, 2.45) is 0 Å². The van der Waals surface area contributed by atoms with Gasteiger partial charge >= 0.3 is 0 Å². The molecule has 1 saturated heterocycles. The molecule has 0 saturated carbocycles. The van der Waals surface area contributed by atoms with E-state index < -0.39 is 0 Å². The Balaban J connectivity index is 1.18. The molecule has 0 spiro atoms. The van der Waals surface area contributed by atoms with Gasteiger partial charge in [0, 0.05) is 37.7 Å². The Morgan fingerprint density at radius 3 is 2.24 bits per heavy atom. The van der Waals surface area contributed by atoms with Crippen LogP contribution in [0.2, 0.25) is 0 Å². The Morgan fingerprint density at radius 2 is 1.59 bits per heavy atom.